The van der Waals surface area contributed by atoms with Gasteiger partial charge in [0.15, 0.2) is 5.65 Å². The van der Waals surface area contributed by atoms with Crippen LogP contribution in [0.15, 0.2) is 12.3 Å². The number of aromatic nitrogens is 5. The van der Waals surface area contributed by atoms with Crippen LogP contribution in [0.2, 0.25) is 5.02 Å². The zero-order chi connectivity index (χ0) is 19.8. The Morgan fingerprint density at radius 3 is 2.93 bits per heavy atom. The zero-order valence-corrected chi connectivity index (χ0v) is 16.2. The highest BCUT2D eigenvalue weighted by Gasteiger charge is 2.27. The van der Waals surface area contributed by atoms with Crippen molar-refractivity contribution in [1.29, 1.82) is 0 Å². The Kier molecular flexibility index (Phi) is 4.83. The summed E-state index contributed by atoms with van der Waals surface area (Å²) >= 11 is 6.25. The van der Waals surface area contributed by atoms with Gasteiger partial charge in [-0.25, -0.2) is 14.3 Å². The molecule has 0 atom stereocenters. The summed E-state index contributed by atoms with van der Waals surface area (Å²) in [4.78, 5) is 7.94. The first-order valence-corrected chi connectivity index (χ1v) is 9.50. The number of hydrogen-bond donors (Lipinski definition) is 3. The molecule has 3 aromatic rings. The summed E-state index contributed by atoms with van der Waals surface area (Å²) in [7, 11) is 0. The average Bonchev–Trinajstić information content (AvgIpc) is 3.20. The van der Waals surface area contributed by atoms with Crippen molar-refractivity contribution in [2.75, 3.05) is 17.6 Å². The van der Waals surface area contributed by atoms with Crippen molar-refractivity contribution in [3.63, 3.8) is 0 Å². The summed E-state index contributed by atoms with van der Waals surface area (Å²) in [6.07, 6.45) is 4.19. The molecule has 28 heavy (non-hydrogen) atoms. The fourth-order valence-corrected chi connectivity index (χ4v) is 3.60. The normalized spacial score (nSPS) is 18.8. The molecule has 0 aromatic carbocycles. The molecular weight excluding hydrogens is 380 g/mol. The molecular formula is C18H21ClN8O. The molecule has 0 bridgehead atoms. The summed E-state index contributed by atoms with van der Waals surface area (Å²) in [5.74, 6) is 1.11. The minimum absolute atomic E-state index is 0.147. The molecule has 3 heterocycles. The molecule has 0 radical (unpaired) electrons. The van der Waals surface area contributed by atoms with E-state index in [1.807, 2.05) is 16.9 Å². The van der Waals surface area contributed by atoms with Crippen molar-refractivity contribution >= 4 is 34.6 Å². The van der Waals surface area contributed by atoms with Gasteiger partial charge >= 0.3 is 0 Å². The van der Waals surface area contributed by atoms with Crippen molar-refractivity contribution in [2.24, 2.45) is 5.92 Å². The SMILES string of the molecule is [C-]#[N+]c1c(NCCc2ccn(CC3CC(O)C3)n2)nc2c(Cl)c(C)nn2c1N. The lowest BCUT2D eigenvalue weighted by Gasteiger charge is -2.31. The molecule has 10 heteroatoms. The number of aliphatic hydroxyl groups excluding tert-OH is 1. The van der Waals surface area contributed by atoms with E-state index < -0.39 is 0 Å². The van der Waals surface area contributed by atoms with Crippen LogP contribution in [-0.4, -0.2) is 42.1 Å². The van der Waals surface area contributed by atoms with Crippen LogP contribution in [-0.2, 0) is 13.0 Å². The summed E-state index contributed by atoms with van der Waals surface area (Å²) in [6.45, 7) is 10.6. The second kappa shape index (κ2) is 7.30. The van der Waals surface area contributed by atoms with E-state index in [1.165, 1.54) is 4.52 Å². The fraction of sp³-hybridized carbons (Fsp3) is 0.444. The Morgan fingerprint density at radius 2 is 2.21 bits per heavy atom. The monoisotopic (exact) mass is 400 g/mol. The summed E-state index contributed by atoms with van der Waals surface area (Å²) in [5.41, 5.74) is 8.30. The first-order chi connectivity index (χ1) is 13.5. The third kappa shape index (κ3) is 3.37. The topological polar surface area (TPSA) is 111 Å². The number of nitrogens with zero attached hydrogens (tertiary/aromatic N) is 6. The standard InChI is InChI=1S/C18H21ClN8O/c1-10-14(19)18-23-17(15(21-2)16(20)27(18)24-10)22-5-3-12-4-6-26(25-12)9-11-7-13(28)8-11/h4,6,11,13,28H,3,5,7-9,20H2,1H3,(H,22,23). The minimum atomic E-state index is -0.147. The number of aryl methyl sites for hydroxylation is 1. The predicted octanol–water partition coefficient (Wildman–Crippen LogP) is 2.45. The number of rotatable bonds is 6. The van der Waals surface area contributed by atoms with Gasteiger partial charge in [-0.2, -0.15) is 10.2 Å². The highest BCUT2D eigenvalue weighted by molar-refractivity contribution is 6.34. The van der Waals surface area contributed by atoms with E-state index in [2.05, 4.69) is 25.3 Å². The van der Waals surface area contributed by atoms with Crippen LogP contribution >= 0.6 is 11.6 Å². The highest BCUT2D eigenvalue weighted by Crippen LogP contribution is 2.33. The van der Waals surface area contributed by atoms with Crippen molar-refractivity contribution in [3.05, 3.63) is 40.1 Å². The van der Waals surface area contributed by atoms with E-state index in [4.69, 9.17) is 23.9 Å². The number of anilines is 2. The molecule has 0 amide bonds. The number of nitrogen functional groups attached to an aromatic ring is 1. The lowest BCUT2D eigenvalue weighted by Crippen LogP contribution is -2.31. The van der Waals surface area contributed by atoms with Gasteiger partial charge in [-0.05, 0) is 31.7 Å². The second-order valence-corrected chi connectivity index (χ2v) is 7.52. The lowest BCUT2D eigenvalue weighted by atomic mass is 9.82. The number of halogens is 1. The molecule has 1 aliphatic carbocycles. The first kappa shape index (κ1) is 18.5. The highest BCUT2D eigenvalue weighted by atomic mass is 35.5. The zero-order valence-electron chi connectivity index (χ0n) is 15.4. The van der Waals surface area contributed by atoms with Crippen molar-refractivity contribution in [2.45, 2.75) is 38.8 Å². The molecule has 4 N–H and O–H groups in total. The van der Waals surface area contributed by atoms with Gasteiger partial charge in [0, 0.05) is 25.7 Å². The number of hydrogen-bond acceptors (Lipinski definition) is 6. The van der Waals surface area contributed by atoms with Crippen molar-refractivity contribution < 1.29 is 5.11 Å². The maximum Gasteiger partial charge on any atom is 0.268 e. The predicted molar refractivity (Wildman–Crippen MR) is 107 cm³/mol. The van der Waals surface area contributed by atoms with Gasteiger partial charge in [0.1, 0.15) is 16.7 Å². The number of fused-ring (bicyclic) bond motifs is 1. The smallest absolute Gasteiger partial charge is 0.268 e. The van der Waals surface area contributed by atoms with E-state index in [0.29, 0.717) is 41.1 Å². The number of nitrogens with two attached hydrogens (primary N) is 1. The van der Waals surface area contributed by atoms with Gasteiger partial charge in [-0.1, -0.05) is 11.6 Å². The van der Waals surface area contributed by atoms with E-state index in [0.717, 1.165) is 25.1 Å². The quantitative estimate of drug-likeness (QED) is 0.548. The minimum Gasteiger partial charge on any atom is -0.393 e. The third-order valence-electron chi connectivity index (χ3n) is 5.01. The van der Waals surface area contributed by atoms with Gasteiger partial charge < -0.3 is 16.2 Å². The van der Waals surface area contributed by atoms with Crippen molar-refractivity contribution in [1.82, 2.24) is 24.4 Å². The van der Waals surface area contributed by atoms with Crippen LogP contribution in [0.1, 0.15) is 24.2 Å². The number of aliphatic hydroxyl groups is 1. The van der Waals surface area contributed by atoms with Crippen molar-refractivity contribution in [3.8, 4) is 0 Å². The Morgan fingerprint density at radius 1 is 1.43 bits per heavy atom. The van der Waals surface area contributed by atoms with Gasteiger partial charge in [0.05, 0.1) is 24.1 Å². The van der Waals surface area contributed by atoms with Crippen LogP contribution in [0.25, 0.3) is 10.5 Å². The molecule has 1 fully saturated rings. The lowest BCUT2D eigenvalue weighted by molar-refractivity contribution is 0.0336. The molecule has 4 rings (SSSR count). The Hall–Kier alpha value is -2.83. The molecule has 1 saturated carbocycles. The first-order valence-electron chi connectivity index (χ1n) is 9.12. The summed E-state index contributed by atoms with van der Waals surface area (Å²) in [6, 6.07) is 1.98. The van der Waals surface area contributed by atoms with E-state index in [-0.39, 0.29) is 17.6 Å². The fourth-order valence-electron chi connectivity index (χ4n) is 3.44. The van der Waals surface area contributed by atoms with E-state index in [9.17, 15) is 5.11 Å². The van der Waals surface area contributed by atoms with E-state index in [1.54, 1.807) is 6.92 Å². The molecule has 9 nitrogen and oxygen atoms in total. The maximum atomic E-state index is 9.39. The summed E-state index contributed by atoms with van der Waals surface area (Å²) in [5, 5.41) is 21.8. The van der Waals surface area contributed by atoms with Crippen LogP contribution in [0.3, 0.4) is 0 Å². The van der Waals surface area contributed by atoms with Gasteiger partial charge in [-0.15, -0.1) is 0 Å². The largest absolute Gasteiger partial charge is 0.393 e. The maximum absolute atomic E-state index is 9.39. The van der Waals surface area contributed by atoms with Gasteiger partial charge in [-0.3, -0.25) is 4.68 Å². The molecule has 0 aliphatic heterocycles. The van der Waals surface area contributed by atoms with Crippen LogP contribution in [0.5, 0.6) is 0 Å². The average molecular weight is 401 g/mol. The van der Waals surface area contributed by atoms with Gasteiger partial charge in [0.25, 0.3) is 5.69 Å². The second-order valence-electron chi connectivity index (χ2n) is 7.14. The molecule has 1 aliphatic rings. The molecule has 0 spiro atoms. The molecule has 0 unspecified atom stereocenters. The van der Waals surface area contributed by atoms with Gasteiger partial charge in [0.2, 0.25) is 0 Å². The Bertz CT molecular complexity index is 1060. The third-order valence-corrected chi connectivity index (χ3v) is 5.46. The van der Waals surface area contributed by atoms with E-state index >= 15 is 0 Å². The van der Waals surface area contributed by atoms with Crippen LogP contribution < -0.4 is 11.1 Å². The molecule has 3 aromatic heterocycles. The Balaban J connectivity index is 1.43. The summed E-state index contributed by atoms with van der Waals surface area (Å²) < 4.78 is 3.32. The molecule has 146 valence electrons. The van der Waals surface area contributed by atoms with Crippen LogP contribution in [0, 0.1) is 19.4 Å². The molecule has 0 saturated heterocycles. The number of nitrogens with one attached hydrogen (secondary N) is 1. The van der Waals surface area contributed by atoms with Crippen LogP contribution in [0.4, 0.5) is 17.3 Å². The Labute approximate surface area is 166 Å².